The fraction of sp³-hybridized carbons (Fsp3) is 0.680. The third-order valence-corrected chi connectivity index (χ3v) is 6.83. The quantitative estimate of drug-likeness (QED) is 0.302. The number of nitrogens with two attached hydrogens (primary N) is 1. The third kappa shape index (κ3) is 6.91. The molecule has 1 aliphatic carbocycles. The number of carbonyl (C=O) groups is 2. The van der Waals surface area contributed by atoms with Crippen LogP contribution in [0, 0.1) is 59.2 Å². The van der Waals surface area contributed by atoms with Crippen LogP contribution in [0.4, 0.5) is 16.2 Å². The number of rotatable bonds is 9. The van der Waals surface area contributed by atoms with Gasteiger partial charge in [-0.25, -0.2) is 4.98 Å². The fourth-order valence-electron chi connectivity index (χ4n) is 5.02. The molecule has 0 amide bonds. The van der Waals surface area contributed by atoms with Gasteiger partial charge in [0.2, 0.25) is 5.95 Å². The average Bonchev–Trinajstić information content (AvgIpc) is 3.35. The van der Waals surface area contributed by atoms with Crippen LogP contribution < -0.4 is 11.1 Å². The molecular formula is C25H36FN6O5Pr-. The van der Waals surface area contributed by atoms with Crippen molar-refractivity contribution in [2.75, 3.05) is 24.7 Å². The Balaban J connectivity index is 0.00000400. The minimum Gasteiger partial charge on any atom is -0.628 e. The monoisotopic (exact) mass is 660 g/mol. The molecule has 2 aliphatic rings. The van der Waals surface area contributed by atoms with Crippen molar-refractivity contribution in [3.8, 4) is 0 Å². The second kappa shape index (κ2) is 13.1. The summed E-state index contributed by atoms with van der Waals surface area (Å²) in [5, 5.41) is 2.89. The van der Waals surface area contributed by atoms with Gasteiger partial charge in [0, 0.05) is 67.3 Å². The molecule has 4 rings (SSSR count). The number of nitrogens with one attached hydrogen (secondary N) is 1. The predicted octanol–water partition coefficient (Wildman–Crippen LogP) is 3.71. The van der Waals surface area contributed by atoms with Crippen LogP contribution in [-0.2, 0) is 23.8 Å². The number of anilines is 2. The van der Waals surface area contributed by atoms with E-state index < -0.39 is 24.0 Å². The predicted molar refractivity (Wildman–Crippen MR) is 134 cm³/mol. The third-order valence-electron chi connectivity index (χ3n) is 6.83. The molecule has 0 spiro atoms. The van der Waals surface area contributed by atoms with Gasteiger partial charge < -0.3 is 25.3 Å². The number of aromatic nitrogens is 4. The number of halogens is 1. The summed E-state index contributed by atoms with van der Waals surface area (Å²) in [6, 6.07) is 0. The summed E-state index contributed by atoms with van der Waals surface area (Å²) in [5.74, 6) is -0.309. The van der Waals surface area contributed by atoms with E-state index in [2.05, 4.69) is 20.3 Å². The first-order chi connectivity index (χ1) is 17.6. The Morgan fingerprint density at radius 2 is 2.00 bits per heavy atom. The van der Waals surface area contributed by atoms with Crippen LogP contribution in [0.5, 0.6) is 0 Å². The topological polar surface area (TPSA) is 143 Å². The molecule has 38 heavy (non-hydrogen) atoms. The van der Waals surface area contributed by atoms with Crippen molar-refractivity contribution in [3.05, 3.63) is 12.4 Å². The largest absolute Gasteiger partial charge is 0.628 e. The van der Waals surface area contributed by atoms with Crippen LogP contribution in [0.1, 0.15) is 71.9 Å². The van der Waals surface area contributed by atoms with Crippen molar-refractivity contribution in [2.45, 2.75) is 83.7 Å². The molecular weight excluding hydrogens is 624 g/mol. The molecule has 2 aromatic heterocycles. The molecule has 3 heterocycles. The number of esters is 2. The van der Waals surface area contributed by atoms with Crippen LogP contribution in [0.2, 0.25) is 0 Å². The normalized spacial score (nSPS) is 24.4. The minimum atomic E-state index is -2.28. The van der Waals surface area contributed by atoms with Crippen LogP contribution in [0.3, 0.4) is 0 Å². The van der Waals surface area contributed by atoms with Gasteiger partial charge in [0.1, 0.15) is 6.23 Å². The smallest absolute Gasteiger partial charge is 0.306 e. The molecule has 2 aromatic rings. The van der Waals surface area contributed by atoms with Crippen LogP contribution in [-0.4, -0.2) is 56.9 Å². The molecule has 11 nitrogen and oxygen atoms in total. The summed E-state index contributed by atoms with van der Waals surface area (Å²) in [5.41, 5.74) is 4.19. The van der Waals surface area contributed by atoms with E-state index in [1.165, 1.54) is 24.2 Å². The van der Waals surface area contributed by atoms with E-state index in [-0.39, 0.29) is 83.9 Å². The minimum absolute atomic E-state index is 0. The van der Waals surface area contributed by atoms with Gasteiger partial charge in [0.25, 0.3) is 5.97 Å². The summed E-state index contributed by atoms with van der Waals surface area (Å²) in [6.07, 6.45) is 4.52. The second-order valence-electron chi connectivity index (χ2n) is 10.4. The number of hydrogen-bond donors (Lipinski definition) is 2. The maximum atomic E-state index is 16.4. The Morgan fingerprint density at radius 3 is 2.66 bits per heavy atom. The molecule has 0 aromatic carbocycles. The number of ether oxygens (including phenoxy) is 3. The molecule has 13 heteroatoms. The van der Waals surface area contributed by atoms with Gasteiger partial charge in [-0.15, -0.1) is 0 Å². The van der Waals surface area contributed by atoms with Gasteiger partial charge in [-0.3, -0.25) is 18.5 Å². The van der Waals surface area contributed by atoms with Gasteiger partial charge >= 0.3 is 5.97 Å². The Kier molecular flexibility index (Phi) is 10.7. The Labute approximate surface area is 255 Å². The van der Waals surface area contributed by atoms with Gasteiger partial charge in [-0.05, 0) is 24.7 Å². The zero-order chi connectivity index (χ0) is 26.7. The maximum Gasteiger partial charge on any atom is 0.306 e. The van der Waals surface area contributed by atoms with E-state index in [0.29, 0.717) is 23.7 Å². The molecule has 1 aliphatic heterocycles. The molecule has 2 fully saturated rings. The molecule has 1 saturated heterocycles. The summed E-state index contributed by atoms with van der Waals surface area (Å²) in [4.78, 5) is 37.7. The summed E-state index contributed by atoms with van der Waals surface area (Å²) in [6.45, 7) is 4.70. The number of alkyl halides is 1. The molecule has 3 N–H and O–H groups in total. The first-order valence-corrected chi connectivity index (χ1v) is 12.9. The van der Waals surface area contributed by atoms with Crippen molar-refractivity contribution in [1.82, 2.24) is 19.5 Å². The molecule has 207 valence electrons. The van der Waals surface area contributed by atoms with E-state index in [0.717, 1.165) is 25.7 Å². The Morgan fingerprint density at radius 1 is 1.29 bits per heavy atom. The first kappa shape index (κ1) is 30.9. The van der Waals surface area contributed by atoms with Crippen molar-refractivity contribution < 1.29 is 69.5 Å². The van der Waals surface area contributed by atoms with Gasteiger partial charge in [-0.1, -0.05) is 46.1 Å². The van der Waals surface area contributed by atoms with E-state index >= 15 is 4.39 Å². The van der Waals surface area contributed by atoms with Crippen molar-refractivity contribution in [1.29, 1.82) is 0 Å². The van der Waals surface area contributed by atoms with E-state index in [9.17, 15) is 9.59 Å². The van der Waals surface area contributed by atoms with Crippen molar-refractivity contribution in [2.24, 2.45) is 11.8 Å². The summed E-state index contributed by atoms with van der Waals surface area (Å²) in [7, 11) is 1.66. The molecule has 0 bridgehead atoms. The van der Waals surface area contributed by atoms with E-state index in [4.69, 9.17) is 19.9 Å². The number of hydrogen-bond acceptors (Lipinski definition) is 10. The molecule has 3 atom stereocenters. The Hall–Kier alpha value is -1.66. The number of imidazole rings is 1. The van der Waals surface area contributed by atoms with E-state index in [1.807, 2.05) is 13.8 Å². The molecule has 1 radical (unpaired) electrons. The molecule has 0 unspecified atom stereocenters. The summed E-state index contributed by atoms with van der Waals surface area (Å²) < 4.78 is 34.9. The molecule has 1 saturated carbocycles. The number of nitrogen functional groups attached to an aromatic ring is 1. The first-order valence-electron chi connectivity index (χ1n) is 12.9. The Bertz CT molecular complexity index is 1120. The van der Waals surface area contributed by atoms with Gasteiger partial charge in [0.15, 0.2) is 17.0 Å². The number of fused-ring (bicyclic) bond motifs is 1. The van der Waals surface area contributed by atoms with Gasteiger partial charge in [0.05, 0.1) is 18.6 Å². The number of nitrogens with zero attached hydrogens (tertiary/aromatic N) is 4. The van der Waals surface area contributed by atoms with Crippen molar-refractivity contribution >= 4 is 34.9 Å². The standard InChI is InChI=1S/C25H36FN6O5.Pr/c1-14(2)10-18(34)37-20-16(12-35-17(33)11-15-8-6-5-7-9-15)36-23(25(20,3)26)32-13-29-19-21(28-4)30-24(27)31-22(19)32;/h13-16,23H,5-12H2,1-4H3,(H3,27,28,30,31);/q-1;/t16-,23-,25-;/m1./s1. The van der Waals surface area contributed by atoms with Gasteiger partial charge in [-0.2, -0.15) is 9.97 Å². The SMILES string of the molecule is CNc1nc(N)nc2c1ncn2[C@@H]1O[C@H](COC(=O)CC2CCCCC2)[C-](OC(=O)CC(C)C)[C@@]1(C)F.[Pr]. The zero-order valence-corrected chi connectivity index (χ0v) is 26.1. The van der Waals surface area contributed by atoms with Crippen LogP contribution >= 0.6 is 0 Å². The van der Waals surface area contributed by atoms with E-state index in [1.54, 1.807) is 7.05 Å². The fourth-order valence-corrected chi connectivity index (χ4v) is 5.02. The van der Waals surface area contributed by atoms with Crippen molar-refractivity contribution in [3.63, 3.8) is 0 Å². The number of carbonyl (C=O) groups excluding carboxylic acids is 2. The summed E-state index contributed by atoms with van der Waals surface area (Å²) >= 11 is 0. The zero-order valence-electron chi connectivity index (χ0n) is 22.4. The van der Waals surface area contributed by atoms with Crippen LogP contribution in [0.15, 0.2) is 6.33 Å². The second-order valence-corrected chi connectivity index (χ2v) is 10.4. The van der Waals surface area contributed by atoms with Crippen LogP contribution in [0.25, 0.3) is 11.2 Å². The average molecular weight is 661 g/mol. The maximum absolute atomic E-state index is 16.4.